The molecule has 1 aromatic heterocycles. The molecule has 5 nitrogen and oxygen atoms in total. The number of esters is 1. The highest BCUT2D eigenvalue weighted by Gasteiger charge is 2.33. The Hall–Kier alpha value is -3.32. The first kappa shape index (κ1) is 20.9. The topological polar surface area (TPSA) is 60.7 Å². The predicted octanol–water partition coefficient (Wildman–Crippen LogP) is 3.25. The number of halogens is 1. The van der Waals surface area contributed by atoms with Crippen molar-refractivity contribution in [3.8, 4) is 0 Å². The second-order valence-corrected chi connectivity index (χ2v) is 8.24. The van der Waals surface area contributed by atoms with Crippen LogP contribution in [0.4, 0.5) is 4.39 Å². The van der Waals surface area contributed by atoms with E-state index in [-0.39, 0.29) is 12.2 Å². The van der Waals surface area contributed by atoms with Crippen LogP contribution >= 0.6 is 11.3 Å². The summed E-state index contributed by atoms with van der Waals surface area (Å²) in [5, 5.41) is 0. The molecule has 0 bridgehead atoms. The fourth-order valence-electron chi connectivity index (χ4n) is 3.59. The molecular formula is C24H21FN2O3S. The number of benzene rings is 2. The van der Waals surface area contributed by atoms with Crippen molar-refractivity contribution >= 4 is 23.4 Å². The van der Waals surface area contributed by atoms with Crippen LogP contribution in [0.2, 0.25) is 0 Å². The molecule has 0 unspecified atom stereocenters. The van der Waals surface area contributed by atoms with Crippen molar-refractivity contribution in [3.63, 3.8) is 0 Å². The molecule has 0 amide bonds. The second-order valence-electron chi connectivity index (χ2n) is 7.23. The molecule has 158 valence electrons. The Kier molecular flexibility index (Phi) is 5.69. The molecule has 0 spiro atoms. The largest absolute Gasteiger partial charge is 0.463 e. The van der Waals surface area contributed by atoms with Gasteiger partial charge in [0, 0.05) is 5.56 Å². The molecule has 1 aliphatic rings. The minimum Gasteiger partial charge on any atom is -0.463 e. The number of nitrogens with zero attached hydrogens (tertiary/aromatic N) is 2. The summed E-state index contributed by atoms with van der Waals surface area (Å²) in [5.74, 6) is -0.912. The Morgan fingerprint density at radius 3 is 2.58 bits per heavy atom. The third-order valence-corrected chi connectivity index (χ3v) is 6.08. The van der Waals surface area contributed by atoms with Crippen LogP contribution in [0.15, 0.2) is 69.6 Å². The number of hydrogen-bond acceptors (Lipinski definition) is 5. The molecule has 1 atom stereocenters. The molecular weight excluding hydrogens is 415 g/mol. The van der Waals surface area contributed by atoms with Gasteiger partial charge in [-0.1, -0.05) is 59.4 Å². The maximum absolute atomic E-state index is 14.2. The lowest BCUT2D eigenvalue weighted by atomic mass is 9.95. The van der Waals surface area contributed by atoms with Gasteiger partial charge < -0.3 is 4.74 Å². The number of rotatable bonds is 4. The summed E-state index contributed by atoms with van der Waals surface area (Å²) >= 11 is 1.17. The van der Waals surface area contributed by atoms with Crippen LogP contribution in [0.3, 0.4) is 0 Å². The van der Waals surface area contributed by atoms with Crippen LogP contribution in [-0.4, -0.2) is 17.1 Å². The predicted molar refractivity (Wildman–Crippen MR) is 118 cm³/mol. The maximum atomic E-state index is 14.2. The van der Waals surface area contributed by atoms with Gasteiger partial charge in [0.05, 0.1) is 28.5 Å². The van der Waals surface area contributed by atoms with Crippen LogP contribution in [0.25, 0.3) is 6.08 Å². The third-order valence-electron chi connectivity index (χ3n) is 5.10. The lowest BCUT2D eigenvalue weighted by Gasteiger charge is -2.24. The van der Waals surface area contributed by atoms with Gasteiger partial charge in [-0.15, -0.1) is 0 Å². The summed E-state index contributed by atoms with van der Waals surface area (Å²) in [6.07, 6.45) is 1.52. The van der Waals surface area contributed by atoms with Crippen molar-refractivity contribution in [2.75, 3.05) is 6.61 Å². The van der Waals surface area contributed by atoms with Gasteiger partial charge in [-0.3, -0.25) is 9.36 Å². The van der Waals surface area contributed by atoms with E-state index in [1.807, 2.05) is 31.2 Å². The number of carbonyl (C=O) groups is 1. The van der Waals surface area contributed by atoms with E-state index in [9.17, 15) is 14.0 Å². The van der Waals surface area contributed by atoms with E-state index >= 15 is 0 Å². The molecule has 0 aliphatic carbocycles. The Morgan fingerprint density at radius 2 is 1.90 bits per heavy atom. The first-order valence-electron chi connectivity index (χ1n) is 9.91. The van der Waals surface area contributed by atoms with Gasteiger partial charge in [-0.05, 0) is 38.5 Å². The monoisotopic (exact) mass is 436 g/mol. The molecule has 0 fully saturated rings. The van der Waals surface area contributed by atoms with Gasteiger partial charge in [0.2, 0.25) is 0 Å². The highest BCUT2D eigenvalue weighted by Crippen LogP contribution is 2.30. The van der Waals surface area contributed by atoms with E-state index in [4.69, 9.17) is 4.74 Å². The second kappa shape index (κ2) is 8.43. The minimum absolute atomic E-state index is 0.216. The van der Waals surface area contributed by atoms with E-state index in [0.717, 1.165) is 11.1 Å². The van der Waals surface area contributed by atoms with Crippen LogP contribution in [0.1, 0.15) is 36.6 Å². The molecule has 7 heteroatoms. The van der Waals surface area contributed by atoms with Gasteiger partial charge in [-0.2, -0.15) is 0 Å². The zero-order chi connectivity index (χ0) is 22.1. The number of aromatic nitrogens is 1. The lowest BCUT2D eigenvalue weighted by molar-refractivity contribution is -0.139. The first-order chi connectivity index (χ1) is 14.9. The van der Waals surface area contributed by atoms with Gasteiger partial charge >= 0.3 is 5.97 Å². The molecule has 2 heterocycles. The van der Waals surface area contributed by atoms with Gasteiger partial charge in [0.25, 0.3) is 5.56 Å². The van der Waals surface area contributed by atoms with Crippen molar-refractivity contribution in [1.82, 2.24) is 4.57 Å². The minimum atomic E-state index is -0.668. The number of ether oxygens (including phenoxy) is 1. The number of allylic oxidation sites excluding steroid dienone is 1. The van der Waals surface area contributed by atoms with Crippen LogP contribution in [0, 0.1) is 12.7 Å². The standard InChI is InChI=1S/C24H21FN2O3S/c1-4-30-23(29)20-15(3)26-24-27(21(20)16-11-9-14(2)10-12-16)22(28)19(31-24)13-17-7-5-6-8-18(17)25/h5-13,21H,4H2,1-3H3/b19-13-/t21-/m0/s1. The molecule has 1 aliphatic heterocycles. The summed E-state index contributed by atoms with van der Waals surface area (Å²) < 4.78 is 21.3. The molecule has 4 rings (SSSR count). The summed E-state index contributed by atoms with van der Waals surface area (Å²) in [7, 11) is 0. The smallest absolute Gasteiger partial charge is 0.338 e. The molecule has 31 heavy (non-hydrogen) atoms. The molecule has 0 saturated carbocycles. The number of fused-ring (bicyclic) bond motifs is 1. The Morgan fingerprint density at radius 1 is 1.19 bits per heavy atom. The van der Waals surface area contributed by atoms with Gasteiger partial charge in [0.1, 0.15) is 5.82 Å². The van der Waals surface area contributed by atoms with Crippen LogP contribution in [0.5, 0.6) is 0 Å². The molecule has 0 saturated heterocycles. The Balaban J connectivity index is 1.97. The number of hydrogen-bond donors (Lipinski definition) is 0. The maximum Gasteiger partial charge on any atom is 0.338 e. The van der Waals surface area contributed by atoms with Gasteiger partial charge in [-0.25, -0.2) is 14.2 Å². The SMILES string of the molecule is CCOC(=O)C1=C(C)N=c2s/c(=C\c3ccccc3F)c(=O)n2[C@H]1c1ccc(C)cc1. The quantitative estimate of drug-likeness (QED) is 0.590. The normalized spacial score (nSPS) is 16.1. The lowest BCUT2D eigenvalue weighted by Crippen LogP contribution is -2.39. The molecule has 3 aromatic rings. The van der Waals surface area contributed by atoms with Crippen LogP contribution < -0.4 is 14.9 Å². The number of carbonyl (C=O) groups excluding carboxylic acids is 1. The summed E-state index contributed by atoms with van der Waals surface area (Å²) in [4.78, 5) is 31.2. The number of thiazole rings is 1. The third kappa shape index (κ3) is 3.88. The molecule has 2 aromatic carbocycles. The van der Waals surface area contributed by atoms with E-state index in [1.165, 1.54) is 28.0 Å². The van der Waals surface area contributed by atoms with Crippen molar-refractivity contribution < 1.29 is 13.9 Å². The van der Waals surface area contributed by atoms with Crippen LogP contribution in [-0.2, 0) is 9.53 Å². The van der Waals surface area contributed by atoms with Crippen molar-refractivity contribution in [1.29, 1.82) is 0 Å². The molecule has 0 radical (unpaired) electrons. The Bertz CT molecular complexity index is 1370. The van der Waals surface area contributed by atoms with Crippen molar-refractivity contribution in [2.45, 2.75) is 26.8 Å². The van der Waals surface area contributed by atoms with Crippen molar-refractivity contribution in [2.24, 2.45) is 4.99 Å². The highest BCUT2D eigenvalue weighted by atomic mass is 32.1. The summed E-state index contributed by atoms with van der Waals surface area (Å²) in [6.45, 7) is 5.66. The fourth-order valence-corrected chi connectivity index (χ4v) is 4.63. The molecule has 0 N–H and O–H groups in total. The first-order valence-corrected chi connectivity index (χ1v) is 10.7. The zero-order valence-electron chi connectivity index (χ0n) is 17.4. The fraction of sp³-hybridized carbons (Fsp3) is 0.208. The average Bonchev–Trinajstić information content (AvgIpc) is 3.04. The highest BCUT2D eigenvalue weighted by molar-refractivity contribution is 7.07. The summed E-state index contributed by atoms with van der Waals surface area (Å²) in [6, 6.07) is 13.3. The van der Waals surface area contributed by atoms with E-state index in [0.29, 0.717) is 26.2 Å². The average molecular weight is 437 g/mol. The van der Waals surface area contributed by atoms with E-state index in [1.54, 1.807) is 32.0 Å². The van der Waals surface area contributed by atoms with Gasteiger partial charge in [0.15, 0.2) is 4.80 Å². The van der Waals surface area contributed by atoms with Crippen molar-refractivity contribution in [3.05, 3.63) is 102 Å². The van der Waals surface area contributed by atoms with E-state index < -0.39 is 17.8 Å². The zero-order valence-corrected chi connectivity index (χ0v) is 18.2. The summed E-state index contributed by atoms with van der Waals surface area (Å²) in [5.41, 5.74) is 2.67. The number of aryl methyl sites for hydroxylation is 1. The Labute approximate surface area is 182 Å². The van der Waals surface area contributed by atoms with E-state index in [2.05, 4.69) is 4.99 Å².